The van der Waals surface area contributed by atoms with E-state index in [1.165, 1.54) is 71.1 Å². The second-order valence-corrected chi connectivity index (χ2v) is 10.7. The van der Waals surface area contributed by atoms with Gasteiger partial charge in [-0.15, -0.1) is 5.73 Å². The quantitative estimate of drug-likeness (QED) is 0.231. The molecular formula is C43H66. The molecule has 0 fully saturated rings. The maximum absolute atomic E-state index is 4.36. The molecule has 0 aliphatic heterocycles. The van der Waals surface area contributed by atoms with Crippen LogP contribution < -0.4 is 0 Å². The Morgan fingerprint density at radius 1 is 0.860 bits per heavy atom. The van der Waals surface area contributed by atoms with Gasteiger partial charge in [-0.2, -0.15) is 0 Å². The van der Waals surface area contributed by atoms with Crippen LogP contribution in [0.3, 0.4) is 0 Å². The highest BCUT2D eigenvalue weighted by Crippen LogP contribution is 2.40. The van der Waals surface area contributed by atoms with Crippen molar-refractivity contribution in [2.45, 2.75) is 115 Å². The third-order valence-electron chi connectivity index (χ3n) is 6.65. The van der Waals surface area contributed by atoms with E-state index in [1.807, 2.05) is 53.7 Å². The highest BCUT2D eigenvalue weighted by molar-refractivity contribution is 5.82. The minimum Gasteiger partial charge on any atom is -0.129 e. The maximum Gasteiger partial charge on any atom is -0.0169 e. The number of benzene rings is 1. The van der Waals surface area contributed by atoms with Crippen LogP contribution in [0.25, 0.3) is 5.57 Å². The molecule has 0 heterocycles. The molecule has 2 aliphatic carbocycles. The number of hydrogen-bond donors (Lipinski definition) is 0. The molecule has 1 aromatic rings. The lowest BCUT2D eigenvalue weighted by molar-refractivity contribution is 0.326. The predicted octanol–water partition coefficient (Wildman–Crippen LogP) is 14.5. The monoisotopic (exact) mass is 583 g/mol. The van der Waals surface area contributed by atoms with Gasteiger partial charge in [0, 0.05) is 0 Å². The fourth-order valence-electron chi connectivity index (χ4n) is 4.34. The number of hydrogen-bond acceptors (Lipinski definition) is 0. The van der Waals surface area contributed by atoms with Gasteiger partial charge in [-0.3, -0.25) is 0 Å². The van der Waals surface area contributed by atoms with Crippen molar-refractivity contribution in [2.24, 2.45) is 5.41 Å². The Morgan fingerprint density at radius 3 is 1.86 bits per heavy atom. The molecule has 238 valence electrons. The zero-order chi connectivity index (χ0) is 33.8. The first-order chi connectivity index (χ1) is 20.6. The minimum atomic E-state index is 0.449. The zero-order valence-corrected chi connectivity index (χ0v) is 30.3. The van der Waals surface area contributed by atoms with Crippen molar-refractivity contribution >= 4 is 5.57 Å². The Balaban J connectivity index is -0.000000591. The van der Waals surface area contributed by atoms with Gasteiger partial charge in [-0.05, 0) is 99.1 Å². The van der Waals surface area contributed by atoms with Gasteiger partial charge in [0.1, 0.15) is 0 Å². The van der Waals surface area contributed by atoms with Crippen LogP contribution in [0, 0.1) is 5.41 Å². The van der Waals surface area contributed by atoms with Gasteiger partial charge in [0.25, 0.3) is 0 Å². The fraction of sp³-hybridized carbons (Fsp3) is 0.419. The van der Waals surface area contributed by atoms with Crippen molar-refractivity contribution in [1.82, 2.24) is 0 Å². The van der Waals surface area contributed by atoms with Gasteiger partial charge >= 0.3 is 0 Å². The molecule has 0 aromatic heterocycles. The van der Waals surface area contributed by atoms with E-state index < -0.39 is 0 Å². The standard InChI is InChI=1S/C20H26.C12H16.C5H6.3C2H6/c1-15(2)19(16(3)17-9-7-6-8-10-17)18-11-13-20(4,5)14-12-18;1-4-5-6-12-9-10(2)7-8-11(12)3;1-3-5-4-2;3*1-2/h6-11H,3,12-14H2,1-2,4-5H3;4-6,9H,1,7-8H2,2-3H3;3,5H,1-2H2;3*1-2H3/b;6-5-;;;;. The average molecular weight is 583 g/mol. The molecule has 0 nitrogen and oxygen atoms in total. The van der Waals surface area contributed by atoms with Crippen molar-refractivity contribution in [3.63, 3.8) is 0 Å². The van der Waals surface area contributed by atoms with Crippen LogP contribution in [0.1, 0.15) is 121 Å². The van der Waals surface area contributed by atoms with Crippen molar-refractivity contribution < 1.29 is 0 Å². The lowest BCUT2D eigenvalue weighted by atomic mass is 9.75. The molecule has 3 rings (SSSR count). The molecule has 0 radical (unpaired) electrons. The van der Waals surface area contributed by atoms with E-state index in [1.54, 1.807) is 12.2 Å². The molecule has 0 saturated carbocycles. The Morgan fingerprint density at radius 2 is 1.44 bits per heavy atom. The molecule has 0 bridgehead atoms. The van der Waals surface area contributed by atoms with Crippen LogP contribution in [0.15, 0.2) is 138 Å². The number of rotatable bonds is 6. The van der Waals surface area contributed by atoms with E-state index in [9.17, 15) is 0 Å². The summed E-state index contributed by atoms with van der Waals surface area (Å²) in [4.78, 5) is 0. The van der Waals surface area contributed by atoms with Crippen LogP contribution in [-0.2, 0) is 0 Å². The average Bonchev–Trinajstić information content (AvgIpc) is 3.03. The molecule has 0 spiro atoms. The Hall–Kier alpha value is -3.34. The first-order valence-electron chi connectivity index (χ1n) is 16.3. The summed E-state index contributed by atoms with van der Waals surface area (Å²) in [6.07, 6.45) is 19.9. The van der Waals surface area contributed by atoms with Crippen molar-refractivity contribution in [1.29, 1.82) is 0 Å². The minimum absolute atomic E-state index is 0.449. The van der Waals surface area contributed by atoms with Gasteiger partial charge in [0.2, 0.25) is 0 Å². The van der Waals surface area contributed by atoms with Crippen molar-refractivity contribution in [3.8, 4) is 0 Å². The molecular weight excluding hydrogens is 516 g/mol. The van der Waals surface area contributed by atoms with Gasteiger partial charge in [-0.25, -0.2) is 0 Å². The topological polar surface area (TPSA) is 0 Å². The summed E-state index contributed by atoms with van der Waals surface area (Å²) in [5.74, 6) is 0. The molecule has 0 unspecified atom stereocenters. The van der Waals surface area contributed by atoms with Crippen LogP contribution in [0.5, 0.6) is 0 Å². The van der Waals surface area contributed by atoms with Gasteiger partial charge in [0.15, 0.2) is 0 Å². The molecule has 0 saturated heterocycles. The van der Waals surface area contributed by atoms with E-state index in [4.69, 9.17) is 0 Å². The van der Waals surface area contributed by atoms with Gasteiger partial charge in [-0.1, -0.05) is 165 Å². The second-order valence-electron chi connectivity index (χ2n) is 10.7. The van der Waals surface area contributed by atoms with E-state index in [0.29, 0.717) is 5.41 Å². The largest absolute Gasteiger partial charge is 0.129 e. The number of allylic oxidation sites excluding steroid dienone is 14. The van der Waals surface area contributed by atoms with Crippen LogP contribution in [0.2, 0.25) is 0 Å². The maximum atomic E-state index is 4.36. The summed E-state index contributed by atoms with van der Waals surface area (Å²) in [6.45, 7) is 40.2. The summed E-state index contributed by atoms with van der Waals surface area (Å²) >= 11 is 0. The molecule has 2 aliphatic rings. The fourth-order valence-corrected chi connectivity index (χ4v) is 4.34. The summed E-state index contributed by atoms with van der Waals surface area (Å²) in [5.41, 5.74) is 13.9. The smallest absolute Gasteiger partial charge is 0.0169 e. The molecule has 0 N–H and O–H groups in total. The zero-order valence-electron chi connectivity index (χ0n) is 30.3. The molecule has 43 heavy (non-hydrogen) atoms. The lowest BCUT2D eigenvalue weighted by Crippen LogP contribution is -2.15. The third-order valence-corrected chi connectivity index (χ3v) is 6.65. The second kappa shape index (κ2) is 27.5. The van der Waals surface area contributed by atoms with E-state index in [2.05, 4.69) is 122 Å². The Labute approximate surface area is 269 Å². The van der Waals surface area contributed by atoms with E-state index in [0.717, 1.165) is 5.57 Å². The highest BCUT2D eigenvalue weighted by Gasteiger charge is 2.24. The van der Waals surface area contributed by atoms with Crippen LogP contribution in [-0.4, -0.2) is 0 Å². The summed E-state index contributed by atoms with van der Waals surface area (Å²) < 4.78 is 0. The lowest BCUT2D eigenvalue weighted by Gasteiger charge is -2.30. The SMILES string of the molecule is C=C(C(C1=CCC(C)(C)CC1)=C(C)C)c1ccccc1.C=C/C=C\C1=C(C)CCC(C)=C1.C=C=CC=C.CC.CC.CC. The Kier molecular flexibility index (Phi) is 28.2. The van der Waals surface area contributed by atoms with Crippen molar-refractivity contribution in [3.05, 3.63) is 144 Å². The van der Waals surface area contributed by atoms with E-state index in [-0.39, 0.29) is 0 Å². The Bertz CT molecular complexity index is 1130. The van der Waals surface area contributed by atoms with Crippen LogP contribution in [0.4, 0.5) is 0 Å². The highest BCUT2D eigenvalue weighted by atomic mass is 14.3. The van der Waals surface area contributed by atoms with Crippen LogP contribution >= 0.6 is 0 Å². The van der Waals surface area contributed by atoms with E-state index >= 15 is 0 Å². The predicted molar refractivity (Wildman–Crippen MR) is 203 cm³/mol. The summed E-state index contributed by atoms with van der Waals surface area (Å²) in [7, 11) is 0. The van der Waals surface area contributed by atoms with Gasteiger partial charge in [0.05, 0.1) is 0 Å². The first-order valence-corrected chi connectivity index (χ1v) is 16.3. The molecule has 0 amide bonds. The molecule has 1 aromatic carbocycles. The third kappa shape index (κ3) is 19.5. The normalized spacial score (nSPS) is 14.1. The first kappa shape index (κ1) is 44.1. The molecule has 0 heteroatoms. The van der Waals surface area contributed by atoms with Crippen molar-refractivity contribution in [2.75, 3.05) is 0 Å². The van der Waals surface area contributed by atoms with Gasteiger partial charge < -0.3 is 0 Å². The molecule has 0 atom stereocenters. The summed E-state index contributed by atoms with van der Waals surface area (Å²) in [6, 6.07) is 10.5. The summed E-state index contributed by atoms with van der Waals surface area (Å²) in [5, 5.41) is 0.